The van der Waals surface area contributed by atoms with Gasteiger partial charge in [-0.2, -0.15) is 0 Å². The Hall–Kier alpha value is -2.49. The molecule has 4 nitrogen and oxygen atoms in total. The van der Waals surface area contributed by atoms with Crippen LogP contribution in [0.3, 0.4) is 0 Å². The van der Waals surface area contributed by atoms with Crippen LogP contribution in [0.1, 0.15) is 21.5 Å². The van der Waals surface area contributed by atoms with Crippen molar-refractivity contribution in [3.8, 4) is 0 Å². The molecule has 21 heavy (non-hydrogen) atoms. The van der Waals surface area contributed by atoms with Gasteiger partial charge in [0.2, 0.25) is 0 Å². The molecule has 0 fully saturated rings. The van der Waals surface area contributed by atoms with Gasteiger partial charge >= 0.3 is 5.97 Å². The fourth-order valence-electron chi connectivity index (χ4n) is 2.67. The maximum Gasteiger partial charge on any atom is 0.339 e. The van der Waals surface area contributed by atoms with Crippen LogP contribution in [0.15, 0.2) is 42.5 Å². The number of carbonyl (C=O) groups excluding carboxylic acids is 1. The Bertz CT molecular complexity index is 668. The van der Waals surface area contributed by atoms with Gasteiger partial charge in [-0.05, 0) is 29.7 Å². The van der Waals surface area contributed by atoms with Crippen molar-refractivity contribution in [1.82, 2.24) is 0 Å². The van der Waals surface area contributed by atoms with Gasteiger partial charge in [0.1, 0.15) is 0 Å². The molecule has 3 rings (SSSR count). The topological polar surface area (TPSA) is 50.4 Å². The fraction of sp³-hybridized carbons (Fsp3) is 0.235. The van der Waals surface area contributed by atoms with Crippen LogP contribution in [0.5, 0.6) is 0 Å². The van der Waals surface area contributed by atoms with Crippen LogP contribution in [0.2, 0.25) is 0 Å². The highest BCUT2D eigenvalue weighted by atomic mass is 16.5. The van der Waals surface area contributed by atoms with Crippen molar-refractivity contribution >= 4 is 17.3 Å². The second-order valence-corrected chi connectivity index (χ2v) is 5.02. The maximum absolute atomic E-state index is 11.8. The van der Waals surface area contributed by atoms with Crippen molar-refractivity contribution in [3.63, 3.8) is 0 Å². The monoisotopic (exact) mass is 282 g/mol. The van der Waals surface area contributed by atoms with Crippen LogP contribution >= 0.6 is 0 Å². The fourth-order valence-corrected chi connectivity index (χ4v) is 2.67. The van der Waals surface area contributed by atoms with Crippen molar-refractivity contribution in [2.75, 3.05) is 24.3 Å². The van der Waals surface area contributed by atoms with Gasteiger partial charge in [-0.3, -0.25) is 0 Å². The van der Waals surface area contributed by atoms with E-state index in [0.29, 0.717) is 12.1 Å². The molecule has 1 aliphatic rings. The number of methoxy groups -OCH3 is 1. The number of hydrogen-bond acceptors (Lipinski definition) is 4. The number of para-hydroxylation sites is 2. The third-order valence-electron chi connectivity index (χ3n) is 3.73. The van der Waals surface area contributed by atoms with Crippen LogP contribution < -0.4 is 10.6 Å². The summed E-state index contributed by atoms with van der Waals surface area (Å²) in [4.78, 5) is 11.8. The van der Waals surface area contributed by atoms with Crippen molar-refractivity contribution < 1.29 is 9.53 Å². The minimum absolute atomic E-state index is 0.325. The number of hydrogen-bond donors (Lipinski definition) is 2. The van der Waals surface area contributed by atoms with E-state index < -0.39 is 0 Å². The lowest BCUT2D eigenvalue weighted by Gasteiger charge is -2.13. The smallest absolute Gasteiger partial charge is 0.339 e. The third-order valence-corrected chi connectivity index (χ3v) is 3.73. The molecule has 0 aromatic heterocycles. The molecular weight excluding hydrogens is 264 g/mol. The molecular formula is C17H18N2O2. The van der Waals surface area contributed by atoms with Crippen LogP contribution in [0.4, 0.5) is 11.4 Å². The first-order chi connectivity index (χ1) is 10.3. The zero-order chi connectivity index (χ0) is 14.7. The van der Waals surface area contributed by atoms with Crippen LogP contribution in [0, 0.1) is 0 Å². The molecule has 0 saturated carbocycles. The summed E-state index contributed by atoms with van der Waals surface area (Å²) in [6.07, 6.45) is 1.07. The van der Waals surface area contributed by atoms with E-state index in [1.54, 1.807) is 6.07 Å². The first kappa shape index (κ1) is 13.5. The molecule has 0 unspecified atom stereocenters. The molecule has 1 aliphatic heterocycles. The molecule has 0 aliphatic carbocycles. The zero-order valence-corrected chi connectivity index (χ0v) is 12.0. The van der Waals surface area contributed by atoms with Gasteiger partial charge in [-0.25, -0.2) is 4.79 Å². The molecule has 0 spiro atoms. The van der Waals surface area contributed by atoms with Gasteiger partial charge in [0.25, 0.3) is 0 Å². The largest absolute Gasteiger partial charge is 0.465 e. The standard InChI is InChI=1S/C17H18N2O2/c1-21-17(20)14-7-2-3-8-15(14)19-11-13-6-4-5-12-9-10-18-16(12)13/h2-8,18-19H,9-11H2,1H3. The van der Waals surface area contributed by atoms with E-state index >= 15 is 0 Å². The predicted octanol–water partition coefficient (Wildman–Crippen LogP) is 3.05. The molecule has 2 N–H and O–H groups in total. The van der Waals surface area contributed by atoms with Crippen LogP contribution in [-0.4, -0.2) is 19.6 Å². The Kier molecular flexibility index (Phi) is 3.77. The molecule has 2 aromatic carbocycles. The zero-order valence-electron chi connectivity index (χ0n) is 12.0. The van der Waals surface area contributed by atoms with Crippen molar-refractivity contribution in [1.29, 1.82) is 0 Å². The summed E-state index contributed by atoms with van der Waals surface area (Å²) in [6.45, 7) is 1.66. The van der Waals surface area contributed by atoms with E-state index in [2.05, 4.69) is 28.8 Å². The summed E-state index contributed by atoms with van der Waals surface area (Å²) >= 11 is 0. The second-order valence-electron chi connectivity index (χ2n) is 5.02. The summed E-state index contributed by atoms with van der Waals surface area (Å²) in [5, 5.41) is 6.76. The van der Waals surface area contributed by atoms with E-state index in [-0.39, 0.29) is 5.97 Å². The van der Waals surface area contributed by atoms with E-state index in [1.165, 1.54) is 23.9 Å². The number of rotatable bonds is 4. The van der Waals surface area contributed by atoms with E-state index in [4.69, 9.17) is 4.74 Å². The average Bonchev–Trinajstić information content (AvgIpc) is 3.01. The summed E-state index contributed by atoms with van der Waals surface area (Å²) in [7, 11) is 1.40. The normalized spacial score (nSPS) is 12.4. The number of esters is 1. The Morgan fingerprint density at radius 3 is 2.95 bits per heavy atom. The summed E-state index contributed by atoms with van der Waals surface area (Å²) in [6, 6.07) is 13.7. The summed E-state index contributed by atoms with van der Waals surface area (Å²) in [5.41, 5.74) is 5.14. The highest BCUT2D eigenvalue weighted by Crippen LogP contribution is 2.27. The highest BCUT2D eigenvalue weighted by molar-refractivity contribution is 5.95. The summed E-state index contributed by atoms with van der Waals surface area (Å²) in [5.74, 6) is -0.325. The van der Waals surface area contributed by atoms with Crippen molar-refractivity contribution in [2.24, 2.45) is 0 Å². The first-order valence-electron chi connectivity index (χ1n) is 7.05. The predicted molar refractivity (Wildman–Crippen MR) is 83.7 cm³/mol. The van der Waals surface area contributed by atoms with Crippen molar-refractivity contribution in [3.05, 3.63) is 59.2 Å². The lowest BCUT2D eigenvalue weighted by atomic mass is 10.1. The Balaban J connectivity index is 1.80. The third kappa shape index (κ3) is 2.70. The number of nitrogens with one attached hydrogen (secondary N) is 2. The van der Waals surface area contributed by atoms with Gasteiger partial charge in [0.05, 0.1) is 12.7 Å². The van der Waals surface area contributed by atoms with E-state index in [9.17, 15) is 4.79 Å². The molecule has 1 heterocycles. The molecule has 0 bridgehead atoms. The molecule has 0 atom stereocenters. The summed E-state index contributed by atoms with van der Waals surface area (Å²) < 4.78 is 4.81. The van der Waals surface area contributed by atoms with Crippen LogP contribution in [0.25, 0.3) is 0 Å². The Morgan fingerprint density at radius 2 is 2.10 bits per heavy atom. The Morgan fingerprint density at radius 1 is 1.24 bits per heavy atom. The number of fused-ring (bicyclic) bond motifs is 1. The lowest BCUT2D eigenvalue weighted by molar-refractivity contribution is 0.0602. The number of benzene rings is 2. The maximum atomic E-state index is 11.8. The van der Waals surface area contributed by atoms with Crippen LogP contribution in [-0.2, 0) is 17.7 Å². The Labute approximate surface area is 124 Å². The van der Waals surface area contributed by atoms with Gasteiger partial charge < -0.3 is 15.4 Å². The minimum Gasteiger partial charge on any atom is -0.465 e. The number of ether oxygens (including phenoxy) is 1. The van der Waals surface area contributed by atoms with Crippen molar-refractivity contribution in [2.45, 2.75) is 13.0 Å². The molecule has 4 heteroatoms. The van der Waals surface area contributed by atoms with Gasteiger partial charge in [0.15, 0.2) is 0 Å². The van der Waals surface area contributed by atoms with Gasteiger partial charge in [-0.1, -0.05) is 30.3 Å². The highest BCUT2D eigenvalue weighted by Gasteiger charge is 2.14. The minimum atomic E-state index is -0.325. The molecule has 0 saturated heterocycles. The molecule has 108 valence electrons. The lowest BCUT2D eigenvalue weighted by Crippen LogP contribution is -2.09. The molecule has 2 aromatic rings. The first-order valence-corrected chi connectivity index (χ1v) is 7.05. The second kappa shape index (κ2) is 5.87. The quantitative estimate of drug-likeness (QED) is 0.846. The van der Waals surface area contributed by atoms with E-state index in [0.717, 1.165) is 18.7 Å². The molecule has 0 radical (unpaired) electrons. The number of carbonyl (C=O) groups is 1. The van der Waals surface area contributed by atoms with E-state index in [1.807, 2.05) is 18.2 Å². The number of anilines is 2. The SMILES string of the molecule is COC(=O)c1ccccc1NCc1cccc2c1NCC2. The molecule has 0 amide bonds. The van der Waals surface area contributed by atoms with Gasteiger partial charge in [-0.15, -0.1) is 0 Å². The van der Waals surface area contributed by atoms with Gasteiger partial charge in [0, 0.05) is 24.5 Å². The average molecular weight is 282 g/mol.